The van der Waals surface area contributed by atoms with Crippen molar-refractivity contribution >= 4 is 16.8 Å². The third-order valence-corrected chi connectivity index (χ3v) is 5.29. The molecule has 0 radical (unpaired) electrons. The van der Waals surface area contributed by atoms with Crippen molar-refractivity contribution < 1.29 is 9.69 Å². The largest absolute Gasteiger partial charge is 0.331 e. The van der Waals surface area contributed by atoms with Crippen molar-refractivity contribution in [3.63, 3.8) is 0 Å². The number of aromatic nitrogens is 3. The Hall–Kier alpha value is -3.06. The van der Waals surface area contributed by atoms with Gasteiger partial charge in [0.2, 0.25) is 5.91 Å². The molecule has 2 aromatic carbocycles. The molecule has 1 aromatic heterocycles. The van der Waals surface area contributed by atoms with Gasteiger partial charge < -0.3 is 9.80 Å². The van der Waals surface area contributed by atoms with E-state index in [9.17, 15) is 9.59 Å². The topological polar surface area (TPSA) is 72.5 Å². The lowest BCUT2D eigenvalue weighted by Crippen LogP contribution is -3.13. The summed E-state index contributed by atoms with van der Waals surface area (Å²) in [6.07, 6.45) is 0.265. The normalized spacial score (nSPS) is 15.1. The standard InChI is InChI=1S/C21H23N5O2/c27-20(10-11-26-21(28)18-8-4-5-9-19(18)22-23-26)25-14-12-24(13-15-25)16-17-6-2-1-3-7-17/h1-9H,10-16H2/p+1. The fourth-order valence-electron chi connectivity index (χ4n) is 3.66. The lowest BCUT2D eigenvalue weighted by molar-refractivity contribution is -0.917. The summed E-state index contributed by atoms with van der Waals surface area (Å²) in [5, 5.41) is 8.56. The van der Waals surface area contributed by atoms with E-state index in [2.05, 4.69) is 34.6 Å². The molecule has 1 fully saturated rings. The van der Waals surface area contributed by atoms with Crippen molar-refractivity contribution in [3.05, 3.63) is 70.5 Å². The van der Waals surface area contributed by atoms with Crippen LogP contribution in [0.15, 0.2) is 59.4 Å². The second-order valence-corrected chi connectivity index (χ2v) is 7.18. The predicted octanol–water partition coefficient (Wildman–Crippen LogP) is 0.109. The lowest BCUT2D eigenvalue weighted by atomic mass is 10.2. The van der Waals surface area contributed by atoms with Gasteiger partial charge in [0.15, 0.2) is 0 Å². The van der Waals surface area contributed by atoms with E-state index in [0.717, 1.165) is 32.7 Å². The van der Waals surface area contributed by atoms with Crippen LogP contribution in [0.25, 0.3) is 10.9 Å². The van der Waals surface area contributed by atoms with E-state index in [4.69, 9.17) is 0 Å². The molecule has 3 aromatic rings. The first-order valence-corrected chi connectivity index (χ1v) is 9.68. The summed E-state index contributed by atoms with van der Waals surface area (Å²) in [4.78, 5) is 28.4. The van der Waals surface area contributed by atoms with Crippen molar-refractivity contribution in [2.24, 2.45) is 0 Å². The summed E-state index contributed by atoms with van der Waals surface area (Å²) in [7, 11) is 0. The molecule has 0 bridgehead atoms. The highest BCUT2D eigenvalue weighted by Gasteiger charge is 2.23. The molecule has 4 rings (SSSR count). The summed E-state index contributed by atoms with van der Waals surface area (Å²) in [6.45, 7) is 4.63. The minimum atomic E-state index is -0.199. The van der Waals surface area contributed by atoms with Gasteiger partial charge in [0.25, 0.3) is 5.56 Å². The molecule has 0 saturated carbocycles. The van der Waals surface area contributed by atoms with Crippen molar-refractivity contribution in [2.75, 3.05) is 26.2 Å². The lowest BCUT2D eigenvalue weighted by Gasteiger charge is -2.32. The Morgan fingerprint density at radius 3 is 2.50 bits per heavy atom. The zero-order chi connectivity index (χ0) is 19.3. The monoisotopic (exact) mass is 378 g/mol. The molecule has 0 spiro atoms. The Morgan fingerprint density at radius 1 is 1.00 bits per heavy atom. The van der Waals surface area contributed by atoms with Crippen LogP contribution in [-0.4, -0.2) is 52.0 Å². The molecular weight excluding hydrogens is 354 g/mol. The summed E-state index contributed by atoms with van der Waals surface area (Å²) in [5.41, 5.74) is 1.70. The number of fused-ring (bicyclic) bond motifs is 1. The molecule has 1 N–H and O–H groups in total. The van der Waals surface area contributed by atoms with Crippen molar-refractivity contribution in [1.82, 2.24) is 19.9 Å². The molecule has 1 aliphatic heterocycles. The number of carbonyl (C=O) groups is 1. The first-order valence-electron chi connectivity index (χ1n) is 9.68. The number of carbonyl (C=O) groups excluding carboxylic acids is 1. The molecule has 144 valence electrons. The number of rotatable bonds is 5. The van der Waals surface area contributed by atoms with Crippen LogP contribution >= 0.6 is 0 Å². The molecule has 7 nitrogen and oxygen atoms in total. The number of hydrogen-bond donors (Lipinski definition) is 1. The van der Waals surface area contributed by atoms with E-state index in [-0.39, 0.29) is 24.4 Å². The van der Waals surface area contributed by atoms with Crippen LogP contribution in [0.3, 0.4) is 0 Å². The van der Waals surface area contributed by atoms with Crippen LogP contribution in [0.5, 0.6) is 0 Å². The highest BCUT2D eigenvalue weighted by Crippen LogP contribution is 2.04. The summed E-state index contributed by atoms with van der Waals surface area (Å²) < 4.78 is 1.29. The molecule has 1 aliphatic rings. The van der Waals surface area contributed by atoms with Crippen LogP contribution < -0.4 is 10.5 Å². The molecular formula is C21H24N5O2+. The fourth-order valence-corrected chi connectivity index (χ4v) is 3.66. The summed E-state index contributed by atoms with van der Waals surface area (Å²) in [5.74, 6) is 0.0700. The van der Waals surface area contributed by atoms with Crippen LogP contribution in [0, 0.1) is 0 Å². The van der Waals surface area contributed by atoms with Crippen LogP contribution in [-0.2, 0) is 17.9 Å². The summed E-state index contributed by atoms with van der Waals surface area (Å²) >= 11 is 0. The Kier molecular flexibility index (Phi) is 5.43. The average molecular weight is 378 g/mol. The Labute approximate surface area is 163 Å². The SMILES string of the molecule is O=C(CCn1nnc2ccccc2c1=O)N1CC[NH+](Cc2ccccc2)CC1. The number of amides is 1. The fraction of sp³-hybridized carbons (Fsp3) is 0.333. The smallest absolute Gasteiger partial charge is 0.277 e. The van der Waals surface area contributed by atoms with Crippen molar-refractivity contribution in [2.45, 2.75) is 19.5 Å². The molecule has 1 saturated heterocycles. The van der Waals surface area contributed by atoms with Gasteiger partial charge in [0.1, 0.15) is 12.1 Å². The highest BCUT2D eigenvalue weighted by atomic mass is 16.2. The van der Waals surface area contributed by atoms with Crippen molar-refractivity contribution in [3.8, 4) is 0 Å². The van der Waals surface area contributed by atoms with E-state index < -0.39 is 0 Å². The second kappa shape index (κ2) is 8.31. The van der Waals surface area contributed by atoms with Gasteiger partial charge in [-0.1, -0.05) is 47.7 Å². The third-order valence-electron chi connectivity index (χ3n) is 5.29. The number of aryl methyl sites for hydroxylation is 1. The van der Waals surface area contributed by atoms with E-state index in [1.165, 1.54) is 15.1 Å². The Balaban J connectivity index is 1.30. The van der Waals surface area contributed by atoms with Gasteiger partial charge in [-0.05, 0) is 12.1 Å². The first-order chi connectivity index (χ1) is 13.7. The Bertz CT molecular complexity index is 1010. The highest BCUT2D eigenvalue weighted by molar-refractivity contribution is 5.77. The number of nitrogens with zero attached hydrogens (tertiary/aromatic N) is 4. The maximum Gasteiger partial charge on any atom is 0.277 e. The first kappa shape index (κ1) is 18.3. The maximum absolute atomic E-state index is 12.6. The molecule has 2 heterocycles. The van der Waals surface area contributed by atoms with Gasteiger partial charge in [-0.3, -0.25) is 9.59 Å². The van der Waals surface area contributed by atoms with Gasteiger partial charge >= 0.3 is 0 Å². The minimum Gasteiger partial charge on any atom is -0.331 e. The van der Waals surface area contributed by atoms with E-state index in [0.29, 0.717) is 10.9 Å². The van der Waals surface area contributed by atoms with E-state index in [1.807, 2.05) is 17.0 Å². The number of nitrogens with one attached hydrogen (secondary N) is 1. The van der Waals surface area contributed by atoms with Crippen LogP contribution in [0.2, 0.25) is 0 Å². The molecule has 1 amide bonds. The van der Waals surface area contributed by atoms with Gasteiger partial charge in [-0.2, -0.15) is 0 Å². The number of hydrogen-bond acceptors (Lipinski definition) is 4. The summed E-state index contributed by atoms with van der Waals surface area (Å²) in [6, 6.07) is 17.6. The van der Waals surface area contributed by atoms with Crippen LogP contribution in [0.1, 0.15) is 12.0 Å². The molecule has 7 heteroatoms. The number of quaternary nitrogens is 1. The third kappa shape index (κ3) is 4.09. The molecule has 0 atom stereocenters. The quantitative estimate of drug-likeness (QED) is 0.684. The van der Waals surface area contributed by atoms with Gasteiger partial charge in [-0.15, -0.1) is 5.10 Å². The van der Waals surface area contributed by atoms with Crippen molar-refractivity contribution in [1.29, 1.82) is 0 Å². The van der Waals surface area contributed by atoms with Gasteiger partial charge in [-0.25, -0.2) is 4.68 Å². The van der Waals surface area contributed by atoms with Crippen LogP contribution in [0.4, 0.5) is 0 Å². The maximum atomic E-state index is 12.6. The Morgan fingerprint density at radius 2 is 1.71 bits per heavy atom. The zero-order valence-electron chi connectivity index (χ0n) is 15.8. The molecule has 28 heavy (non-hydrogen) atoms. The predicted molar refractivity (Wildman–Crippen MR) is 106 cm³/mol. The molecule has 0 aliphatic carbocycles. The van der Waals surface area contributed by atoms with E-state index >= 15 is 0 Å². The number of benzene rings is 2. The number of piperazine rings is 1. The zero-order valence-corrected chi connectivity index (χ0v) is 15.8. The average Bonchev–Trinajstić information content (AvgIpc) is 2.74. The molecule has 0 unspecified atom stereocenters. The van der Waals surface area contributed by atoms with Gasteiger partial charge in [0, 0.05) is 12.0 Å². The van der Waals surface area contributed by atoms with E-state index in [1.54, 1.807) is 18.2 Å². The second-order valence-electron chi connectivity index (χ2n) is 7.18. The van der Waals surface area contributed by atoms with Gasteiger partial charge in [0.05, 0.1) is 38.1 Å². The minimum absolute atomic E-state index is 0.0700.